The van der Waals surface area contributed by atoms with Crippen LogP contribution in [0.4, 0.5) is 5.69 Å². The van der Waals surface area contributed by atoms with Crippen LogP contribution in [-0.2, 0) is 26.2 Å². The zero-order valence-corrected chi connectivity index (χ0v) is 27.4. The Hall–Kier alpha value is -3.18. The highest BCUT2D eigenvalue weighted by Gasteiger charge is 2.33. The van der Waals surface area contributed by atoms with E-state index in [2.05, 4.69) is 5.32 Å². The number of benzene rings is 3. The van der Waals surface area contributed by atoms with Gasteiger partial charge in [-0.2, -0.15) is 0 Å². The topological polar surface area (TPSA) is 105 Å². The minimum absolute atomic E-state index is 0.134. The van der Waals surface area contributed by atoms with E-state index in [1.165, 1.54) is 61.6 Å². The van der Waals surface area contributed by atoms with Gasteiger partial charge in [-0.3, -0.25) is 13.9 Å². The number of methoxy groups -OCH3 is 2. The molecule has 1 N–H and O–H groups in total. The Morgan fingerprint density at radius 2 is 1.56 bits per heavy atom. The molecular formula is C30H34Cl3N3O6S. The number of anilines is 1. The van der Waals surface area contributed by atoms with Crippen molar-refractivity contribution in [3.8, 4) is 11.5 Å². The molecule has 1 unspecified atom stereocenters. The maximum atomic E-state index is 14.1. The molecule has 0 saturated carbocycles. The SMILES string of the molecule is CCCCNC(=O)C(C)N(Cc1c(Cl)cccc1Cl)C(=O)CN(c1ccc(Cl)cc1)S(=O)(=O)c1ccc(OC)c(OC)c1. The molecule has 0 bridgehead atoms. The van der Waals surface area contributed by atoms with Crippen molar-refractivity contribution in [2.45, 2.75) is 44.2 Å². The number of carbonyl (C=O) groups is 2. The lowest BCUT2D eigenvalue weighted by Crippen LogP contribution is -2.51. The van der Waals surface area contributed by atoms with Crippen LogP contribution in [-0.4, -0.2) is 58.5 Å². The Bertz CT molecular complexity index is 1520. The van der Waals surface area contributed by atoms with Gasteiger partial charge in [0.15, 0.2) is 11.5 Å². The average Bonchev–Trinajstić information content (AvgIpc) is 2.99. The fourth-order valence-corrected chi connectivity index (χ4v) is 6.29. The number of sulfonamides is 1. The van der Waals surface area contributed by atoms with Gasteiger partial charge < -0.3 is 19.7 Å². The molecule has 43 heavy (non-hydrogen) atoms. The van der Waals surface area contributed by atoms with E-state index in [-0.39, 0.29) is 22.9 Å². The first kappa shape index (κ1) is 34.3. The monoisotopic (exact) mass is 669 g/mol. The van der Waals surface area contributed by atoms with Crippen LogP contribution in [0.2, 0.25) is 15.1 Å². The van der Waals surface area contributed by atoms with Gasteiger partial charge in [0.25, 0.3) is 10.0 Å². The minimum atomic E-state index is -4.35. The number of hydrogen-bond acceptors (Lipinski definition) is 6. The van der Waals surface area contributed by atoms with Crippen LogP contribution < -0.4 is 19.1 Å². The second-order valence-electron chi connectivity index (χ2n) is 9.55. The third kappa shape index (κ3) is 8.47. The number of halogens is 3. The maximum Gasteiger partial charge on any atom is 0.264 e. The smallest absolute Gasteiger partial charge is 0.264 e. The van der Waals surface area contributed by atoms with Gasteiger partial charge in [0.05, 0.1) is 24.8 Å². The van der Waals surface area contributed by atoms with Crippen LogP contribution in [0.5, 0.6) is 11.5 Å². The third-order valence-electron chi connectivity index (χ3n) is 6.72. The van der Waals surface area contributed by atoms with Gasteiger partial charge in [0.1, 0.15) is 12.6 Å². The largest absolute Gasteiger partial charge is 0.493 e. The van der Waals surface area contributed by atoms with Gasteiger partial charge in [-0.1, -0.05) is 54.2 Å². The molecule has 0 saturated heterocycles. The normalized spacial score (nSPS) is 11.9. The highest BCUT2D eigenvalue weighted by atomic mass is 35.5. The van der Waals surface area contributed by atoms with Crippen LogP contribution >= 0.6 is 34.8 Å². The van der Waals surface area contributed by atoms with Crippen molar-refractivity contribution in [3.05, 3.63) is 81.3 Å². The summed E-state index contributed by atoms with van der Waals surface area (Å²) >= 11 is 18.9. The van der Waals surface area contributed by atoms with Crippen molar-refractivity contribution in [1.29, 1.82) is 0 Å². The molecule has 3 rings (SSSR count). The van der Waals surface area contributed by atoms with E-state index in [1.807, 2.05) is 6.92 Å². The summed E-state index contributed by atoms with van der Waals surface area (Å²) in [5.74, 6) is -0.529. The van der Waals surface area contributed by atoms with Crippen molar-refractivity contribution >= 4 is 62.3 Å². The lowest BCUT2D eigenvalue weighted by atomic mass is 10.1. The number of unbranched alkanes of at least 4 members (excludes halogenated alkanes) is 1. The van der Waals surface area contributed by atoms with Crippen molar-refractivity contribution in [3.63, 3.8) is 0 Å². The molecular weight excluding hydrogens is 637 g/mol. The van der Waals surface area contributed by atoms with E-state index < -0.39 is 34.4 Å². The highest BCUT2D eigenvalue weighted by molar-refractivity contribution is 7.92. The molecule has 232 valence electrons. The van der Waals surface area contributed by atoms with Crippen molar-refractivity contribution in [2.24, 2.45) is 0 Å². The molecule has 0 aromatic heterocycles. The molecule has 0 radical (unpaired) electrons. The van der Waals surface area contributed by atoms with E-state index in [0.717, 1.165) is 17.1 Å². The predicted molar refractivity (Wildman–Crippen MR) is 170 cm³/mol. The molecule has 0 aliphatic heterocycles. The lowest BCUT2D eigenvalue weighted by molar-refractivity contribution is -0.139. The van der Waals surface area contributed by atoms with Gasteiger partial charge >= 0.3 is 0 Å². The van der Waals surface area contributed by atoms with Crippen molar-refractivity contribution in [2.75, 3.05) is 31.6 Å². The molecule has 0 aliphatic rings. The van der Waals surface area contributed by atoms with Gasteiger partial charge in [0, 0.05) is 39.8 Å². The molecule has 2 amide bonds. The van der Waals surface area contributed by atoms with E-state index in [1.54, 1.807) is 25.1 Å². The number of rotatable bonds is 14. The first-order valence-electron chi connectivity index (χ1n) is 13.4. The summed E-state index contributed by atoms with van der Waals surface area (Å²) in [6.45, 7) is 3.21. The standard InChI is InChI=1S/C30H34Cl3N3O6S/c1-5-6-16-34-30(38)20(2)35(18-24-25(32)8-7-9-26(24)33)29(37)19-36(22-12-10-21(31)11-13-22)43(39,40)23-14-15-27(41-3)28(17-23)42-4/h7-15,17,20H,5-6,16,18-19H2,1-4H3,(H,34,38). The number of nitrogens with one attached hydrogen (secondary N) is 1. The Labute approximate surface area is 267 Å². The number of nitrogens with zero attached hydrogens (tertiary/aromatic N) is 2. The molecule has 3 aromatic carbocycles. The highest BCUT2D eigenvalue weighted by Crippen LogP contribution is 2.33. The van der Waals surface area contributed by atoms with Crippen LogP contribution in [0.3, 0.4) is 0 Å². The van der Waals surface area contributed by atoms with Crippen molar-refractivity contribution < 1.29 is 27.5 Å². The summed E-state index contributed by atoms with van der Waals surface area (Å²) < 4.78 is 39.7. The number of ether oxygens (including phenoxy) is 2. The predicted octanol–water partition coefficient (Wildman–Crippen LogP) is 6.19. The first-order chi connectivity index (χ1) is 20.4. The molecule has 0 aliphatic carbocycles. The van der Waals surface area contributed by atoms with Crippen LogP contribution in [0.25, 0.3) is 0 Å². The molecule has 1 atom stereocenters. The van der Waals surface area contributed by atoms with Crippen LogP contribution in [0, 0.1) is 0 Å². The van der Waals surface area contributed by atoms with E-state index in [0.29, 0.717) is 32.9 Å². The third-order valence-corrected chi connectivity index (χ3v) is 9.45. The number of hydrogen-bond donors (Lipinski definition) is 1. The molecule has 3 aromatic rings. The Morgan fingerprint density at radius 1 is 0.930 bits per heavy atom. The zero-order valence-electron chi connectivity index (χ0n) is 24.3. The fraction of sp³-hybridized carbons (Fsp3) is 0.333. The van der Waals surface area contributed by atoms with Crippen LogP contribution in [0.15, 0.2) is 65.6 Å². The summed E-state index contributed by atoms with van der Waals surface area (Å²) in [5.41, 5.74) is 0.608. The molecule has 0 fully saturated rings. The Kier molecular flexibility index (Phi) is 12.4. The van der Waals surface area contributed by atoms with Gasteiger partial charge in [-0.05, 0) is 61.9 Å². The van der Waals surface area contributed by atoms with Gasteiger partial charge in [-0.25, -0.2) is 8.42 Å². The minimum Gasteiger partial charge on any atom is -0.493 e. The molecule has 9 nitrogen and oxygen atoms in total. The van der Waals surface area contributed by atoms with E-state index >= 15 is 0 Å². The van der Waals surface area contributed by atoms with Crippen LogP contribution in [0.1, 0.15) is 32.3 Å². The van der Waals surface area contributed by atoms with Crippen molar-refractivity contribution in [1.82, 2.24) is 10.2 Å². The van der Waals surface area contributed by atoms with E-state index in [4.69, 9.17) is 44.3 Å². The zero-order chi connectivity index (χ0) is 31.7. The summed E-state index contributed by atoms with van der Waals surface area (Å²) in [5, 5.41) is 3.82. The summed E-state index contributed by atoms with van der Waals surface area (Å²) in [4.78, 5) is 28.3. The van der Waals surface area contributed by atoms with Gasteiger partial charge in [-0.15, -0.1) is 0 Å². The quantitative estimate of drug-likeness (QED) is 0.205. The Morgan fingerprint density at radius 3 is 2.14 bits per heavy atom. The Balaban J connectivity index is 2.08. The lowest BCUT2D eigenvalue weighted by Gasteiger charge is -2.32. The molecule has 13 heteroatoms. The number of amides is 2. The fourth-order valence-electron chi connectivity index (χ4n) is 4.21. The van der Waals surface area contributed by atoms with Gasteiger partial charge in [0.2, 0.25) is 11.8 Å². The second kappa shape index (κ2) is 15.5. The molecule has 0 heterocycles. The maximum absolute atomic E-state index is 14.1. The molecule has 0 spiro atoms. The average molecular weight is 671 g/mol. The second-order valence-corrected chi connectivity index (χ2v) is 12.7. The van der Waals surface area contributed by atoms with E-state index in [9.17, 15) is 18.0 Å². The first-order valence-corrected chi connectivity index (χ1v) is 16.0. The summed E-state index contributed by atoms with van der Waals surface area (Å²) in [6, 6.07) is 14.1. The number of carbonyl (C=O) groups excluding carboxylic acids is 2. The summed E-state index contributed by atoms with van der Waals surface area (Å²) in [7, 11) is -1.53. The summed E-state index contributed by atoms with van der Waals surface area (Å²) in [6.07, 6.45) is 1.63.